The van der Waals surface area contributed by atoms with Crippen LogP contribution >= 0.6 is 11.3 Å². The fraction of sp³-hybridized carbons (Fsp3) is 0.389. The maximum Gasteiger partial charge on any atom is 0.313 e. The predicted molar refractivity (Wildman–Crippen MR) is 98.6 cm³/mol. The second kappa shape index (κ2) is 8.73. The summed E-state index contributed by atoms with van der Waals surface area (Å²) < 4.78 is 0. The summed E-state index contributed by atoms with van der Waals surface area (Å²) in [6, 6.07) is 7.72. The van der Waals surface area contributed by atoms with Crippen LogP contribution < -0.4 is 10.6 Å². The Bertz CT molecular complexity index is 682. The molecule has 132 valence electrons. The number of nitrogens with zero attached hydrogens (tertiary/aromatic N) is 2. The number of anilines is 1. The average molecular weight is 358 g/mol. The maximum atomic E-state index is 11.8. The van der Waals surface area contributed by atoms with Crippen molar-refractivity contribution in [3.63, 3.8) is 0 Å². The minimum atomic E-state index is -0.663. The molecule has 1 aliphatic rings. The number of amides is 2. The van der Waals surface area contributed by atoms with Crippen LogP contribution in [-0.2, 0) is 9.59 Å². The Morgan fingerprint density at radius 1 is 1.20 bits per heavy atom. The first kappa shape index (κ1) is 17.6. The van der Waals surface area contributed by atoms with Crippen LogP contribution in [0.2, 0.25) is 0 Å². The number of rotatable bonds is 5. The fourth-order valence-electron chi connectivity index (χ4n) is 3.00. The standard InChI is InChI=1S/C18H22N4O2S/c23-17(18(24)21-15-3-1-7-19-13-15)20-8-11-22-9-5-14(6-10-22)16-4-2-12-25-16/h1-4,7,12-14H,5-6,8-11H2,(H,20,23)(H,21,24). The lowest BCUT2D eigenvalue weighted by molar-refractivity contribution is -0.136. The third-order valence-corrected chi connectivity index (χ3v) is 5.41. The summed E-state index contributed by atoms with van der Waals surface area (Å²) in [5.41, 5.74) is 0.512. The number of carbonyl (C=O) groups is 2. The van der Waals surface area contributed by atoms with Gasteiger partial charge in [0.15, 0.2) is 0 Å². The highest BCUT2D eigenvalue weighted by molar-refractivity contribution is 7.10. The van der Waals surface area contributed by atoms with E-state index in [1.165, 1.54) is 11.1 Å². The highest BCUT2D eigenvalue weighted by atomic mass is 32.1. The number of piperidine rings is 1. The van der Waals surface area contributed by atoms with Gasteiger partial charge in [0.05, 0.1) is 11.9 Å². The number of pyridine rings is 1. The molecule has 7 heteroatoms. The number of hydrogen-bond donors (Lipinski definition) is 2. The Morgan fingerprint density at radius 2 is 2.04 bits per heavy atom. The molecular weight excluding hydrogens is 336 g/mol. The van der Waals surface area contributed by atoms with Gasteiger partial charge < -0.3 is 15.5 Å². The zero-order valence-electron chi connectivity index (χ0n) is 14.0. The van der Waals surface area contributed by atoms with Crippen LogP contribution in [0.25, 0.3) is 0 Å². The molecule has 2 aromatic heterocycles. The van der Waals surface area contributed by atoms with Crippen molar-refractivity contribution < 1.29 is 9.59 Å². The molecule has 6 nitrogen and oxygen atoms in total. The highest BCUT2D eigenvalue weighted by Gasteiger charge is 2.21. The molecule has 3 rings (SSSR count). The van der Waals surface area contributed by atoms with Crippen LogP contribution in [-0.4, -0.2) is 47.9 Å². The van der Waals surface area contributed by atoms with Gasteiger partial charge in [0.25, 0.3) is 0 Å². The lowest BCUT2D eigenvalue weighted by Crippen LogP contribution is -2.42. The molecule has 25 heavy (non-hydrogen) atoms. The first-order valence-corrected chi connectivity index (χ1v) is 9.35. The first-order valence-electron chi connectivity index (χ1n) is 8.47. The summed E-state index contributed by atoms with van der Waals surface area (Å²) in [7, 11) is 0. The molecule has 0 spiro atoms. The monoisotopic (exact) mass is 358 g/mol. The van der Waals surface area contributed by atoms with E-state index in [2.05, 4.69) is 38.0 Å². The van der Waals surface area contributed by atoms with Crippen molar-refractivity contribution >= 4 is 28.8 Å². The molecule has 0 radical (unpaired) electrons. The average Bonchev–Trinajstić information content (AvgIpc) is 3.18. The van der Waals surface area contributed by atoms with Gasteiger partial charge in [-0.05, 0) is 55.4 Å². The molecule has 2 N–H and O–H groups in total. The van der Waals surface area contributed by atoms with Gasteiger partial charge in [-0.3, -0.25) is 14.6 Å². The third-order valence-electron chi connectivity index (χ3n) is 4.37. The minimum Gasteiger partial charge on any atom is -0.347 e. The van der Waals surface area contributed by atoms with Crippen molar-refractivity contribution in [3.05, 3.63) is 46.9 Å². The Morgan fingerprint density at radius 3 is 2.72 bits per heavy atom. The van der Waals surface area contributed by atoms with E-state index in [0.717, 1.165) is 32.5 Å². The summed E-state index contributed by atoms with van der Waals surface area (Å²) in [5, 5.41) is 7.34. The van der Waals surface area contributed by atoms with E-state index < -0.39 is 11.8 Å². The van der Waals surface area contributed by atoms with Gasteiger partial charge in [-0.2, -0.15) is 0 Å². The topological polar surface area (TPSA) is 74.3 Å². The zero-order chi connectivity index (χ0) is 17.5. The van der Waals surface area contributed by atoms with Gasteiger partial charge in [0.2, 0.25) is 0 Å². The molecule has 2 aromatic rings. The van der Waals surface area contributed by atoms with Crippen LogP contribution in [0.1, 0.15) is 23.6 Å². The number of thiophene rings is 1. The molecule has 0 saturated carbocycles. The molecular formula is C18H22N4O2S. The van der Waals surface area contributed by atoms with Crippen LogP contribution in [0, 0.1) is 0 Å². The van der Waals surface area contributed by atoms with E-state index in [-0.39, 0.29) is 0 Å². The number of carbonyl (C=O) groups excluding carboxylic acids is 2. The molecule has 3 heterocycles. The van der Waals surface area contributed by atoms with Crippen molar-refractivity contribution in [3.8, 4) is 0 Å². The van der Waals surface area contributed by atoms with Crippen molar-refractivity contribution in [2.75, 3.05) is 31.5 Å². The van der Waals surface area contributed by atoms with E-state index in [4.69, 9.17) is 0 Å². The first-order chi connectivity index (χ1) is 12.2. The van der Waals surface area contributed by atoms with Crippen LogP contribution in [0.4, 0.5) is 5.69 Å². The van der Waals surface area contributed by atoms with E-state index >= 15 is 0 Å². The summed E-state index contributed by atoms with van der Waals surface area (Å²) in [5.74, 6) is -0.613. The summed E-state index contributed by atoms with van der Waals surface area (Å²) in [6.07, 6.45) is 5.41. The van der Waals surface area contributed by atoms with E-state index in [0.29, 0.717) is 18.2 Å². The van der Waals surface area contributed by atoms with Gasteiger partial charge in [-0.15, -0.1) is 11.3 Å². The molecule has 1 aliphatic heterocycles. The van der Waals surface area contributed by atoms with Crippen molar-refractivity contribution in [1.29, 1.82) is 0 Å². The Hall–Kier alpha value is -2.25. The molecule has 0 aromatic carbocycles. The molecule has 0 unspecified atom stereocenters. The van der Waals surface area contributed by atoms with Gasteiger partial charge in [-0.1, -0.05) is 6.07 Å². The molecule has 1 saturated heterocycles. The van der Waals surface area contributed by atoms with Gasteiger partial charge in [0, 0.05) is 24.2 Å². The second-order valence-corrected chi connectivity index (χ2v) is 7.06. The molecule has 1 fully saturated rings. The fourth-order valence-corrected chi connectivity index (χ4v) is 3.90. The molecule has 2 amide bonds. The van der Waals surface area contributed by atoms with Gasteiger partial charge in [-0.25, -0.2) is 0 Å². The van der Waals surface area contributed by atoms with E-state index in [1.54, 1.807) is 18.3 Å². The number of likely N-dealkylation sites (tertiary alicyclic amines) is 1. The zero-order valence-corrected chi connectivity index (χ0v) is 14.8. The van der Waals surface area contributed by atoms with Crippen LogP contribution in [0.5, 0.6) is 0 Å². The minimum absolute atomic E-state index is 0.475. The molecule has 0 aliphatic carbocycles. The normalized spacial score (nSPS) is 15.7. The quantitative estimate of drug-likeness (QED) is 0.803. The summed E-state index contributed by atoms with van der Waals surface area (Å²) >= 11 is 1.83. The van der Waals surface area contributed by atoms with E-state index in [1.807, 2.05) is 11.3 Å². The highest BCUT2D eigenvalue weighted by Crippen LogP contribution is 2.30. The smallest absolute Gasteiger partial charge is 0.313 e. The second-order valence-electron chi connectivity index (χ2n) is 6.08. The van der Waals surface area contributed by atoms with Crippen molar-refractivity contribution in [2.45, 2.75) is 18.8 Å². The van der Waals surface area contributed by atoms with Crippen LogP contribution in [0.3, 0.4) is 0 Å². The number of aromatic nitrogens is 1. The summed E-state index contributed by atoms with van der Waals surface area (Å²) in [4.78, 5) is 31.3. The lowest BCUT2D eigenvalue weighted by atomic mass is 9.95. The summed E-state index contributed by atoms with van der Waals surface area (Å²) in [6.45, 7) is 3.30. The number of hydrogen-bond acceptors (Lipinski definition) is 5. The van der Waals surface area contributed by atoms with E-state index in [9.17, 15) is 9.59 Å². The Labute approximate surface area is 151 Å². The largest absolute Gasteiger partial charge is 0.347 e. The third kappa shape index (κ3) is 5.11. The predicted octanol–water partition coefficient (Wildman–Crippen LogP) is 2.08. The van der Waals surface area contributed by atoms with Gasteiger partial charge >= 0.3 is 11.8 Å². The van der Waals surface area contributed by atoms with Crippen LogP contribution in [0.15, 0.2) is 42.0 Å². The molecule has 0 bridgehead atoms. The number of nitrogens with one attached hydrogen (secondary N) is 2. The van der Waals surface area contributed by atoms with Crippen molar-refractivity contribution in [2.24, 2.45) is 0 Å². The lowest BCUT2D eigenvalue weighted by Gasteiger charge is -2.31. The molecule has 0 atom stereocenters. The van der Waals surface area contributed by atoms with Gasteiger partial charge in [0.1, 0.15) is 0 Å². The maximum absolute atomic E-state index is 11.8. The Balaban J connectivity index is 1.34. The van der Waals surface area contributed by atoms with Crippen molar-refractivity contribution in [1.82, 2.24) is 15.2 Å². The Kier molecular flexibility index (Phi) is 6.14. The SMILES string of the molecule is O=C(NCCN1CCC(c2cccs2)CC1)C(=O)Nc1cccnc1.